The molecule has 0 aliphatic rings. The number of azide groups is 1. The average molecular weight is 384 g/mol. The molecule has 2 aromatic rings. The van der Waals surface area contributed by atoms with Crippen LogP contribution in [-0.4, -0.2) is 20.3 Å². The van der Waals surface area contributed by atoms with Crippen LogP contribution in [0.1, 0.15) is 11.1 Å². The van der Waals surface area contributed by atoms with Crippen LogP contribution in [0.3, 0.4) is 0 Å². The van der Waals surface area contributed by atoms with Crippen molar-refractivity contribution in [1.82, 2.24) is 0 Å². The summed E-state index contributed by atoms with van der Waals surface area (Å²) in [6.45, 7) is 1.72. The fourth-order valence-corrected chi connectivity index (χ4v) is 2.57. The molecule has 0 bridgehead atoms. The van der Waals surface area contributed by atoms with Gasteiger partial charge in [-0.3, -0.25) is 4.28 Å². The van der Waals surface area contributed by atoms with Gasteiger partial charge in [-0.25, -0.2) is 0 Å². The predicted molar refractivity (Wildman–Crippen MR) is 87.3 cm³/mol. The first-order valence-electron chi connectivity index (χ1n) is 6.94. The molecule has 0 atom stereocenters. The van der Waals surface area contributed by atoms with Crippen LogP contribution >= 0.6 is 0 Å². The lowest BCUT2D eigenvalue weighted by Gasteiger charge is -2.10. The summed E-state index contributed by atoms with van der Waals surface area (Å²) in [5.41, 5.74) is 7.16. The van der Waals surface area contributed by atoms with E-state index < -0.39 is 27.6 Å². The van der Waals surface area contributed by atoms with E-state index in [1.165, 1.54) is 24.3 Å². The van der Waals surface area contributed by atoms with E-state index in [0.717, 1.165) is 29.8 Å². The number of hydrogen-bond donors (Lipinski definition) is 0. The number of aryl methyl sites for hydroxylation is 1. The molecule has 0 aliphatic carbocycles. The number of oxime groups is 1. The van der Waals surface area contributed by atoms with Gasteiger partial charge >= 0.3 is 16.3 Å². The minimum atomic E-state index is -4.97. The molecular formula is C15H11F3N4O3S. The van der Waals surface area contributed by atoms with Gasteiger partial charge in [-0.2, -0.15) is 21.6 Å². The Morgan fingerprint density at radius 1 is 1.08 bits per heavy atom. The number of benzene rings is 2. The molecule has 0 aromatic heterocycles. The molecule has 7 nitrogen and oxygen atoms in total. The monoisotopic (exact) mass is 384 g/mol. The molecular weight excluding hydrogens is 373 g/mol. The highest BCUT2D eigenvalue weighted by Crippen LogP contribution is 2.25. The molecule has 2 aromatic carbocycles. The Kier molecular flexibility index (Phi) is 5.53. The summed E-state index contributed by atoms with van der Waals surface area (Å²) >= 11 is 0. The minimum absolute atomic E-state index is 0.0889. The average Bonchev–Trinajstić information content (AvgIpc) is 2.56. The fourth-order valence-electron chi connectivity index (χ4n) is 1.84. The number of halogens is 3. The van der Waals surface area contributed by atoms with Gasteiger partial charge < -0.3 is 0 Å². The lowest BCUT2D eigenvalue weighted by Crippen LogP contribution is -2.25. The number of alkyl halides is 3. The molecule has 0 saturated carbocycles. The maximum atomic E-state index is 13.2. The molecule has 136 valence electrons. The van der Waals surface area contributed by atoms with Gasteiger partial charge in [-0.05, 0) is 24.6 Å². The van der Waals surface area contributed by atoms with Crippen LogP contribution in [0.5, 0.6) is 0 Å². The molecule has 0 amide bonds. The Labute approximate surface area is 146 Å². The largest absolute Gasteiger partial charge is 0.437 e. The Balaban J connectivity index is 2.38. The van der Waals surface area contributed by atoms with Gasteiger partial charge in [0.05, 0.1) is 0 Å². The smallest absolute Gasteiger partial charge is 0.264 e. The highest BCUT2D eigenvalue weighted by molar-refractivity contribution is 7.86. The van der Waals surface area contributed by atoms with E-state index in [1.807, 2.05) is 0 Å². The number of rotatable bonds is 5. The van der Waals surface area contributed by atoms with Crippen molar-refractivity contribution in [2.45, 2.75) is 18.0 Å². The maximum absolute atomic E-state index is 13.2. The first kappa shape index (κ1) is 19.3. The van der Waals surface area contributed by atoms with Crippen molar-refractivity contribution in [2.24, 2.45) is 10.3 Å². The zero-order valence-electron chi connectivity index (χ0n) is 13.2. The highest BCUT2D eigenvalue weighted by atomic mass is 32.2. The molecule has 0 heterocycles. The van der Waals surface area contributed by atoms with Gasteiger partial charge in [0, 0.05) is 16.2 Å². The summed E-state index contributed by atoms with van der Waals surface area (Å²) in [4.78, 5) is 2.18. The molecule has 2 rings (SSSR count). The van der Waals surface area contributed by atoms with Gasteiger partial charge in [-0.1, -0.05) is 52.2 Å². The van der Waals surface area contributed by atoms with E-state index in [-0.39, 0.29) is 10.6 Å². The van der Waals surface area contributed by atoms with E-state index in [2.05, 4.69) is 19.5 Å². The molecule has 0 N–H and O–H groups in total. The first-order valence-corrected chi connectivity index (χ1v) is 8.35. The first-order chi connectivity index (χ1) is 12.1. The second-order valence-electron chi connectivity index (χ2n) is 5.02. The van der Waals surface area contributed by atoms with Crippen LogP contribution in [0, 0.1) is 6.92 Å². The van der Waals surface area contributed by atoms with Crippen molar-refractivity contribution in [3.63, 3.8) is 0 Å². The van der Waals surface area contributed by atoms with E-state index >= 15 is 0 Å². The molecule has 0 radical (unpaired) electrons. The lowest BCUT2D eigenvalue weighted by atomic mass is 10.1. The Morgan fingerprint density at radius 3 is 2.15 bits per heavy atom. The number of hydrogen-bond acceptors (Lipinski definition) is 5. The molecule has 0 unspecified atom stereocenters. The second-order valence-corrected chi connectivity index (χ2v) is 6.54. The van der Waals surface area contributed by atoms with Crippen molar-refractivity contribution in [1.29, 1.82) is 0 Å². The third kappa shape index (κ3) is 4.74. The standard InChI is InChI=1S/C15H11F3N4O3S/c1-10-2-8-13(9-3-10)26(23,24)25-21-14(15(16,17)18)11-4-6-12(7-5-11)20-22-19/h2-9H,1H3/b21-14+. The van der Waals surface area contributed by atoms with Crippen molar-refractivity contribution in [3.8, 4) is 0 Å². The maximum Gasteiger partial charge on any atom is 0.437 e. The second kappa shape index (κ2) is 7.46. The Morgan fingerprint density at radius 2 is 1.65 bits per heavy atom. The van der Waals surface area contributed by atoms with E-state index in [0.29, 0.717) is 0 Å². The van der Waals surface area contributed by atoms with Crippen LogP contribution in [0.2, 0.25) is 0 Å². The summed E-state index contributed by atoms with van der Waals surface area (Å²) in [5, 5.41) is 6.05. The normalized spacial score (nSPS) is 12.4. The Bertz CT molecular complexity index is 963. The third-order valence-electron chi connectivity index (χ3n) is 3.11. The van der Waals surface area contributed by atoms with Gasteiger partial charge in [0.25, 0.3) is 0 Å². The topological polar surface area (TPSA) is 104 Å². The van der Waals surface area contributed by atoms with Crippen LogP contribution in [-0.2, 0) is 14.4 Å². The van der Waals surface area contributed by atoms with Crippen molar-refractivity contribution in [3.05, 3.63) is 70.1 Å². The number of nitrogens with zero attached hydrogens (tertiary/aromatic N) is 4. The van der Waals surface area contributed by atoms with Crippen LogP contribution < -0.4 is 0 Å². The van der Waals surface area contributed by atoms with Crippen LogP contribution in [0.25, 0.3) is 10.4 Å². The lowest BCUT2D eigenvalue weighted by molar-refractivity contribution is -0.0597. The van der Waals surface area contributed by atoms with Gasteiger partial charge in [0.15, 0.2) is 5.71 Å². The predicted octanol–water partition coefficient (Wildman–Crippen LogP) is 4.61. The van der Waals surface area contributed by atoms with Gasteiger partial charge in [0.2, 0.25) is 0 Å². The molecule has 0 aliphatic heterocycles. The van der Waals surface area contributed by atoms with Crippen molar-refractivity contribution in [2.75, 3.05) is 0 Å². The Hall–Kier alpha value is -3.04. The van der Waals surface area contributed by atoms with Gasteiger partial charge in [-0.15, -0.1) is 0 Å². The summed E-state index contributed by atoms with van der Waals surface area (Å²) in [6, 6.07) is 9.56. The zero-order chi connectivity index (χ0) is 19.4. The van der Waals surface area contributed by atoms with E-state index in [9.17, 15) is 21.6 Å². The third-order valence-corrected chi connectivity index (χ3v) is 4.23. The molecule has 26 heavy (non-hydrogen) atoms. The SMILES string of the molecule is Cc1ccc(S(=O)(=O)O/N=C(\c2ccc(N=[N+]=[N-])cc2)C(F)(F)F)cc1. The van der Waals surface area contributed by atoms with E-state index in [4.69, 9.17) is 5.53 Å². The van der Waals surface area contributed by atoms with Crippen molar-refractivity contribution >= 4 is 21.5 Å². The van der Waals surface area contributed by atoms with Crippen LogP contribution in [0.15, 0.2) is 63.7 Å². The summed E-state index contributed by atoms with van der Waals surface area (Å²) in [7, 11) is -4.51. The minimum Gasteiger partial charge on any atom is -0.264 e. The summed E-state index contributed by atoms with van der Waals surface area (Å²) in [6.07, 6.45) is -4.97. The summed E-state index contributed by atoms with van der Waals surface area (Å²) < 4.78 is 67.8. The molecule has 0 spiro atoms. The molecule has 0 fully saturated rings. The molecule has 0 saturated heterocycles. The molecule has 11 heteroatoms. The quantitative estimate of drug-likeness (QED) is 0.247. The van der Waals surface area contributed by atoms with Crippen molar-refractivity contribution < 1.29 is 25.9 Å². The highest BCUT2D eigenvalue weighted by Gasteiger charge is 2.38. The zero-order valence-corrected chi connectivity index (χ0v) is 14.0. The van der Waals surface area contributed by atoms with Crippen LogP contribution in [0.4, 0.5) is 18.9 Å². The van der Waals surface area contributed by atoms with E-state index in [1.54, 1.807) is 6.92 Å². The van der Waals surface area contributed by atoms with Gasteiger partial charge in [0.1, 0.15) is 4.90 Å². The fraction of sp³-hybridized carbons (Fsp3) is 0.133. The summed E-state index contributed by atoms with van der Waals surface area (Å²) in [5.74, 6) is 0.